The van der Waals surface area contributed by atoms with Crippen LogP contribution in [0.15, 0.2) is 36.7 Å². The van der Waals surface area contributed by atoms with E-state index in [1.165, 1.54) is 6.07 Å². The first-order chi connectivity index (χ1) is 9.43. The lowest BCUT2D eigenvalue weighted by Crippen LogP contribution is -2.40. The minimum atomic E-state index is -0.934. The number of halogens is 1. The Kier molecular flexibility index (Phi) is 3.88. The Bertz CT molecular complexity index is 619. The zero-order chi connectivity index (χ0) is 14.8. The van der Waals surface area contributed by atoms with Gasteiger partial charge in [0, 0.05) is 25.0 Å². The van der Waals surface area contributed by atoms with Crippen molar-refractivity contribution in [2.45, 2.75) is 25.8 Å². The van der Waals surface area contributed by atoms with Crippen molar-refractivity contribution < 1.29 is 9.18 Å². The molecule has 0 aliphatic rings. The molecular formula is C15H18FN3O. The van der Waals surface area contributed by atoms with Crippen LogP contribution in [0.25, 0.3) is 0 Å². The average molecular weight is 275 g/mol. The maximum Gasteiger partial charge on any atom is 0.230 e. The Morgan fingerprint density at radius 3 is 2.70 bits per heavy atom. The highest BCUT2D eigenvalue weighted by atomic mass is 19.1. The van der Waals surface area contributed by atoms with Gasteiger partial charge in [0.25, 0.3) is 0 Å². The fraction of sp³-hybridized carbons (Fsp3) is 0.333. The molecule has 0 fully saturated rings. The molecule has 0 saturated carbocycles. The maximum absolute atomic E-state index is 13.8. The van der Waals surface area contributed by atoms with Gasteiger partial charge in [-0.2, -0.15) is 0 Å². The van der Waals surface area contributed by atoms with Crippen LogP contribution in [0.2, 0.25) is 0 Å². The number of hydrogen-bond donors (Lipinski definition) is 1. The quantitative estimate of drug-likeness (QED) is 0.929. The Morgan fingerprint density at radius 2 is 2.10 bits per heavy atom. The Morgan fingerprint density at radius 1 is 1.40 bits per heavy atom. The van der Waals surface area contributed by atoms with E-state index in [1.807, 2.05) is 17.8 Å². The molecule has 0 aliphatic heterocycles. The van der Waals surface area contributed by atoms with Crippen LogP contribution in [0.5, 0.6) is 0 Å². The van der Waals surface area contributed by atoms with Gasteiger partial charge < -0.3 is 9.88 Å². The second-order valence-corrected chi connectivity index (χ2v) is 5.24. The molecule has 4 nitrogen and oxygen atoms in total. The number of benzene rings is 1. The van der Waals surface area contributed by atoms with E-state index in [2.05, 4.69) is 10.3 Å². The molecule has 1 N–H and O–H groups in total. The van der Waals surface area contributed by atoms with Gasteiger partial charge in [0.1, 0.15) is 11.6 Å². The number of nitrogens with zero attached hydrogens (tertiary/aromatic N) is 2. The number of nitrogens with one attached hydrogen (secondary N) is 1. The SMILES string of the molecule is Cn1ccnc1CNC(=O)C(C)(C)c1ccccc1F. The van der Waals surface area contributed by atoms with Crippen LogP contribution in [0.3, 0.4) is 0 Å². The highest BCUT2D eigenvalue weighted by Crippen LogP contribution is 2.25. The molecule has 0 spiro atoms. The van der Waals surface area contributed by atoms with E-state index in [0.717, 1.165) is 5.82 Å². The van der Waals surface area contributed by atoms with E-state index < -0.39 is 5.41 Å². The van der Waals surface area contributed by atoms with Crippen LogP contribution >= 0.6 is 0 Å². The standard InChI is InChI=1S/C15H18FN3O/c1-15(2,11-6-4-5-7-12(11)16)14(20)18-10-13-17-8-9-19(13)3/h4-9H,10H2,1-3H3,(H,18,20). The van der Waals surface area contributed by atoms with Crippen molar-refractivity contribution in [3.8, 4) is 0 Å². The highest BCUT2D eigenvalue weighted by molar-refractivity contribution is 5.87. The molecule has 1 aromatic carbocycles. The Labute approximate surface area is 117 Å². The summed E-state index contributed by atoms with van der Waals surface area (Å²) in [5.41, 5.74) is -0.548. The molecule has 1 heterocycles. The zero-order valence-electron chi connectivity index (χ0n) is 11.9. The average Bonchev–Trinajstić information content (AvgIpc) is 2.81. The number of amides is 1. The van der Waals surface area contributed by atoms with E-state index in [9.17, 15) is 9.18 Å². The van der Waals surface area contributed by atoms with E-state index in [4.69, 9.17) is 0 Å². The third-order valence-electron chi connectivity index (χ3n) is 3.44. The largest absolute Gasteiger partial charge is 0.348 e. The lowest BCUT2D eigenvalue weighted by Gasteiger charge is -2.24. The summed E-state index contributed by atoms with van der Waals surface area (Å²) in [6.45, 7) is 3.73. The number of aryl methyl sites for hydroxylation is 1. The van der Waals surface area contributed by atoms with E-state index >= 15 is 0 Å². The van der Waals surface area contributed by atoms with Crippen molar-refractivity contribution in [3.05, 3.63) is 53.9 Å². The lowest BCUT2D eigenvalue weighted by molar-refractivity contribution is -0.126. The van der Waals surface area contributed by atoms with Gasteiger partial charge in [-0.1, -0.05) is 18.2 Å². The molecule has 106 valence electrons. The van der Waals surface area contributed by atoms with Crippen molar-refractivity contribution >= 4 is 5.91 Å². The summed E-state index contributed by atoms with van der Waals surface area (Å²) in [7, 11) is 1.86. The van der Waals surface area contributed by atoms with Crippen LogP contribution in [-0.4, -0.2) is 15.5 Å². The fourth-order valence-corrected chi connectivity index (χ4v) is 2.04. The monoisotopic (exact) mass is 275 g/mol. The molecule has 0 unspecified atom stereocenters. The summed E-state index contributed by atoms with van der Waals surface area (Å²) < 4.78 is 15.7. The van der Waals surface area contributed by atoms with Crippen LogP contribution in [-0.2, 0) is 23.8 Å². The normalized spacial score (nSPS) is 11.4. The van der Waals surface area contributed by atoms with Crippen molar-refractivity contribution in [1.82, 2.24) is 14.9 Å². The third-order valence-corrected chi connectivity index (χ3v) is 3.44. The molecule has 0 bridgehead atoms. The smallest absolute Gasteiger partial charge is 0.230 e. The molecule has 1 aromatic heterocycles. The number of aromatic nitrogens is 2. The summed E-state index contributed by atoms with van der Waals surface area (Å²) in [4.78, 5) is 16.4. The number of rotatable bonds is 4. The van der Waals surface area contributed by atoms with Crippen LogP contribution in [0, 0.1) is 5.82 Å². The molecule has 2 aromatic rings. The topological polar surface area (TPSA) is 46.9 Å². The molecule has 0 aliphatic carbocycles. The van der Waals surface area contributed by atoms with Gasteiger partial charge >= 0.3 is 0 Å². The predicted octanol–water partition coefficient (Wildman–Crippen LogP) is 2.15. The fourth-order valence-electron chi connectivity index (χ4n) is 2.04. The van der Waals surface area contributed by atoms with Crippen LogP contribution in [0.4, 0.5) is 4.39 Å². The van der Waals surface area contributed by atoms with Gasteiger partial charge in [-0.3, -0.25) is 4.79 Å². The first-order valence-corrected chi connectivity index (χ1v) is 6.42. The number of imidazole rings is 1. The van der Waals surface area contributed by atoms with Gasteiger partial charge in [-0.15, -0.1) is 0 Å². The summed E-state index contributed by atoms with van der Waals surface area (Å²) in [6.07, 6.45) is 3.48. The van der Waals surface area contributed by atoms with E-state index in [-0.39, 0.29) is 11.7 Å². The molecule has 20 heavy (non-hydrogen) atoms. The minimum Gasteiger partial charge on any atom is -0.348 e. The molecule has 0 atom stereocenters. The lowest BCUT2D eigenvalue weighted by atomic mass is 9.83. The summed E-state index contributed by atoms with van der Waals surface area (Å²) in [6, 6.07) is 6.34. The Hall–Kier alpha value is -2.17. The zero-order valence-corrected chi connectivity index (χ0v) is 11.9. The van der Waals surface area contributed by atoms with Crippen molar-refractivity contribution in [3.63, 3.8) is 0 Å². The first kappa shape index (κ1) is 14.2. The van der Waals surface area contributed by atoms with Gasteiger partial charge in [0.05, 0.1) is 12.0 Å². The van der Waals surface area contributed by atoms with Crippen molar-refractivity contribution in [1.29, 1.82) is 0 Å². The predicted molar refractivity (Wildman–Crippen MR) is 74.5 cm³/mol. The van der Waals surface area contributed by atoms with Crippen molar-refractivity contribution in [2.75, 3.05) is 0 Å². The molecule has 5 heteroatoms. The third kappa shape index (κ3) is 2.71. The van der Waals surface area contributed by atoms with Crippen LogP contribution < -0.4 is 5.32 Å². The molecule has 1 amide bonds. The Balaban J connectivity index is 2.12. The molecule has 0 saturated heterocycles. The van der Waals surface area contributed by atoms with E-state index in [0.29, 0.717) is 12.1 Å². The van der Waals surface area contributed by atoms with Gasteiger partial charge in [-0.05, 0) is 19.9 Å². The summed E-state index contributed by atoms with van der Waals surface area (Å²) >= 11 is 0. The summed E-state index contributed by atoms with van der Waals surface area (Å²) in [5.74, 6) is 0.151. The van der Waals surface area contributed by atoms with Gasteiger partial charge in [0.15, 0.2) is 0 Å². The van der Waals surface area contributed by atoms with Gasteiger partial charge in [0.2, 0.25) is 5.91 Å². The van der Waals surface area contributed by atoms with Crippen molar-refractivity contribution in [2.24, 2.45) is 7.05 Å². The number of hydrogen-bond acceptors (Lipinski definition) is 2. The van der Waals surface area contributed by atoms with Gasteiger partial charge in [-0.25, -0.2) is 9.37 Å². The maximum atomic E-state index is 13.8. The second-order valence-electron chi connectivity index (χ2n) is 5.24. The van der Waals surface area contributed by atoms with Crippen LogP contribution in [0.1, 0.15) is 25.2 Å². The highest BCUT2D eigenvalue weighted by Gasteiger charge is 2.32. The molecular weight excluding hydrogens is 257 g/mol. The summed E-state index contributed by atoms with van der Waals surface area (Å²) in [5, 5.41) is 2.80. The first-order valence-electron chi connectivity index (χ1n) is 6.42. The second kappa shape index (κ2) is 5.45. The molecule has 2 rings (SSSR count). The minimum absolute atomic E-state index is 0.231. The molecule has 0 radical (unpaired) electrons. The number of carbonyl (C=O) groups is 1. The number of carbonyl (C=O) groups excluding carboxylic acids is 1. The van der Waals surface area contributed by atoms with E-state index in [1.54, 1.807) is 38.2 Å².